The number of esters is 5. The molecule has 0 aliphatic carbocycles. The maximum Gasteiger partial charge on any atom is 0.519 e. The number of alkyl halides is 1. The van der Waals surface area contributed by atoms with E-state index < -0.39 is 185 Å². The monoisotopic (exact) mass is 1850 g/mol. The zero-order valence-corrected chi connectivity index (χ0v) is 74.6. The molecule has 0 rings (SSSR count). The highest BCUT2D eigenvalue weighted by molar-refractivity contribution is 9.09. The fraction of sp³-hybridized carbons (Fsp3) is 0.731. The molecule has 0 aromatic heterocycles. The number of carbonyl (C=O) groups is 18. The first kappa shape index (κ1) is 136. The number of carboxylic acids is 3. The van der Waals surface area contributed by atoms with E-state index in [9.17, 15) is 102 Å². The van der Waals surface area contributed by atoms with E-state index in [1.807, 2.05) is 0 Å². The van der Waals surface area contributed by atoms with Gasteiger partial charge in [-0.05, 0) is 144 Å². The summed E-state index contributed by atoms with van der Waals surface area (Å²) in [6, 6.07) is 0. The third-order valence-electron chi connectivity index (χ3n) is 10.4. The molecule has 27 N–H and O–H groups in total. The predicted octanol–water partition coefficient (Wildman–Crippen LogP) is -10.4. The average molecular weight is 1850 g/mol. The molecule has 0 saturated heterocycles. The van der Waals surface area contributed by atoms with Crippen LogP contribution in [-0.4, -0.2) is 256 Å². The molecule has 0 unspecified atom stereocenters. The van der Waals surface area contributed by atoms with Gasteiger partial charge < -0.3 is 181 Å². The number of Topliss-reactive ketones (excluding diaryl/α,β-unsaturated/α-hetero) is 3. The largest absolute Gasteiger partial charge is 1.00 e. The van der Waals surface area contributed by atoms with E-state index >= 15 is 0 Å². The highest BCUT2D eigenvalue weighted by atomic mass is 79.9. The van der Waals surface area contributed by atoms with Crippen LogP contribution in [-0.2, 0) is 114 Å². The van der Waals surface area contributed by atoms with Crippen molar-refractivity contribution in [3.05, 3.63) is 0 Å². The fourth-order valence-corrected chi connectivity index (χ4v) is 6.31. The zero-order valence-electron chi connectivity index (χ0n) is 70.0. The van der Waals surface area contributed by atoms with Gasteiger partial charge in [0.05, 0.1) is 18.8 Å². The number of hydrogen-bond donors (Lipinski definition) is 14. The van der Waals surface area contributed by atoms with Gasteiger partial charge in [-0.2, -0.15) is 0 Å². The summed E-state index contributed by atoms with van der Waals surface area (Å²) in [7, 11) is 0. The van der Waals surface area contributed by atoms with Crippen LogP contribution in [0.3, 0.4) is 0 Å². The standard InChI is InChI=1S/C23H39N3O10.C13H23N3O6.C10H18O5.C9H17NO4.C8H14O4.C2H3BrO2.C2H5NO2.BrH.2ClH.2H3N.H2O/c1-9-11-14(27)17(33-15(28)12-25-20(31)35-22(3,4)5)18(19(30)24-10-2)34-16(29)13-26-21(32)36-23(6,7)8;1-3-5-8(17)11(21-9(18)6-14)12(13(20)16-4-2)22-10(19)7-15;1-9(2,3)14-7(11)13-8(12)15-10(4,5)6;1-3-5-6(11)7(12)8(13)9(14)10-4-2;1-8(2,3)12-7(11)5-4-6(9)10;2*3-1-2(4)5;;;;;;/h17-18H,9-13H2,1-8H3,(H,24,30)(H,25,31)(H,26,32);11-12H,3-7,14-15H2,1-2H3,(H,16,20);1-6H3;7-8,12-13H,3-5H2,1-2H3,(H,10,14);4-5H2,1-3H3,(H,9,10);1H2,(H,4,5);1,3H2,(H,4,5);3*1H;2*1H3;1H2/t17-,18+;11-,12+;;7-,8+;;;;;;;;;/m00.0........./s1. The SMILES string of the molecule is CC(C)(C)OC(=O)CCC(=O)O.CC(C)(C)OC(=O)OC(=O)OC(C)(C)C.CCCC(=O)[C@H](O)[C@@H](O)C(=O)NCC.CCCC(=O)[C@H](OC(=O)CNC(=O)OC(C)(C)C)[C@@H](OC(=O)CNC(=O)OC(C)(C)C)C(=O)NCC.CCCC(=O)[C@H](OC(=O)C[NH3+])[C@@H](OC(=O)C[NH3+])C(=O)NCC.N.O.O=C(O)CBr.[Br-].[Cl-].[Cl-].[NH3+]CC(=O)[O-].[NH4+]. The Hall–Kier alpha value is -8.32. The second-order valence-corrected chi connectivity index (χ2v) is 27.3. The predicted molar refractivity (Wildman–Crippen MR) is 396 cm³/mol. The zero-order chi connectivity index (χ0) is 87.0. The summed E-state index contributed by atoms with van der Waals surface area (Å²) in [5.41, 5.74) is 6.19. The van der Waals surface area contributed by atoms with Gasteiger partial charge in [0, 0.05) is 38.9 Å². The molecular weight excluding hydrogens is 1720 g/mol. The molecule has 44 nitrogen and oxygen atoms in total. The average Bonchev–Trinajstić information content (AvgIpc) is 0.849. The van der Waals surface area contributed by atoms with Gasteiger partial charge in [-0.15, -0.1) is 0 Å². The number of ketones is 3. The topological polar surface area (TPSA) is 750 Å². The summed E-state index contributed by atoms with van der Waals surface area (Å²) >= 11 is 2.71. The lowest BCUT2D eigenvalue weighted by Crippen LogP contribution is -3.00. The van der Waals surface area contributed by atoms with Crippen molar-refractivity contribution in [2.45, 2.75) is 261 Å². The van der Waals surface area contributed by atoms with E-state index in [2.05, 4.69) is 64.5 Å². The highest BCUT2D eigenvalue weighted by Crippen LogP contribution is 2.16. The molecule has 0 aliphatic heterocycles. The number of quaternary nitrogens is 4. The van der Waals surface area contributed by atoms with Crippen LogP contribution in [0.2, 0.25) is 0 Å². The number of hydrogen-bond acceptors (Lipinski definition) is 32. The Morgan fingerprint density at radius 1 is 0.391 bits per heavy atom. The second-order valence-electron chi connectivity index (χ2n) is 26.7. The van der Waals surface area contributed by atoms with E-state index in [-0.39, 0.29) is 130 Å². The molecule has 0 spiro atoms. The summed E-state index contributed by atoms with van der Waals surface area (Å²) in [6.45, 7) is 34.1. The summed E-state index contributed by atoms with van der Waals surface area (Å²) in [5, 5.41) is 55.2. The Balaban J connectivity index is -0.000000104. The molecule has 115 heavy (non-hydrogen) atoms. The number of aliphatic carboxylic acids is 3. The number of ether oxygens (including phenoxy) is 10. The van der Waals surface area contributed by atoms with Gasteiger partial charge in [-0.25, -0.2) is 28.8 Å². The molecular formula is C67H130Br2Cl2N10O34. The van der Waals surface area contributed by atoms with Crippen LogP contribution in [0.1, 0.15) is 197 Å². The van der Waals surface area contributed by atoms with Crippen molar-refractivity contribution in [1.29, 1.82) is 0 Å². The fourth-order valence-electron chi connectivity index (χ4n) is 6.31. The molecule has 0 aromatic carbocycles. The van der Waals surface area contributed by atoms with Gasteiger partial charge in [0.15, 0.2) is 36.5 Å². The Morgan fingerprint density at radius 3 is 0.913 bits per heavy atom. The van der Waals surface area contributed by atoms with Crippen molar-refractivity contribution in [1.82, 2.24) is 38.9 Å². The lowest BCUT2D eigenvalue weighted by atomic mass is 10.0. The van der Waals surface area contributed by atoms with E-state index in [1.165, 1.54) is 0 Å². The molecule has 680 valence electrons. The van der Waals surface area contributed by atoms with Gasteiger partial charge in [0.2, 0.25) is 24.4 Å². The van der Waals surface area contributed by atoms with E-state index in [1.54, 1.807) is 145 Å². The van der Waals surface area contributed by atoms with Crippen molar-refractivity contribution in [2.75, 3.05) is 57.7 Å². The van der Waals surface area contributed by atoms with Crippen LogP contribution >= 0.6 is 15.9 Å². The summed E-state index contributed by atoms with van der Waals surface area (Å²) in [6.07, 6.45) is -12.4. The Bertz CT molecular complexity index is 2730. The Labute approximate surface area is 701 Å². The Morgan fingerprint density at radius 2 is 0.661 bits per heavy atom. The smallest absolute Gasteiger partial charge is 0.519 e. The minimum absolute atomic E-state index is 0. The molecule has 0 bridgehead atoms. The van der Waals surface area contributed by atoms with Gasteiger partial charge in [0.1, 0.15) is 59.1 Å². The third-order valence-corrected chi connectivity index (χ3v) is 10.8. The number of halogens is 4. The van der Waals surface area contributed by atoms with Crippen LogP contribution in [0.15, 0.2) is 0 Å². The van der Waals surface area contributed by atoms with Crippen LogP contribution in [0.25, 0.3) is 0 Å². The van der Waals surface area contributed by atoms with Crippen molar-refractivity contribution < 1.29 is 224 Å². The molecule has 0 aromatic rings. The first-order valence-corrected chi connectivity index (χ1v) is 35.3. The number of carboxylic acid groups (broad SMARTS) is 3. The van der Waals surface area contributed by atoms with Crippen molar-refractivity contribution >= 4 is 123 Å². The number of carbonyl (C=O) groups excluding carboxylic acids is 16. The molecule has 0 aliphatic rings. The maximum absolute atomic E-state index is 12.7. The number of aliphatic hydroxyl groups is 2. The van der Waals surface area contributed by atoms with Gasteiger partial charge >= 0.3 is 66.3 Å². The molecule has 5 amide bonds. The number of nitrogens with one attached hydrogen (secondary N) is 5. The van der Waals surface area contributed by atoms with Crippen LogP contribution in [0, 0.1) is 0 Å². The summed E-state index contributed by atoms with van der Waals surface area (Å²) in [4.78, 5) is 204. The normalized spacial score (nSPS) is 11.6. The molecule has 0 radical (unpaired) electrons. The van der Waals surface area contributed by atoms with E-state index in [0.29, 0.717) is 25.8 Å². The minimum Gasteiger partial charge on any atom is -1.00 e. The summed E-state index contributed by atoms with van der Waals surface area (Å²) in [5.74, 6) is -11.0. The first-order valence-electron chi connectivity index (χ1n) is 34.2. The minimum atomic E-state index is -1.83. The summed E-state index contributed by atoms with van der Waals surface area (Å²) < 4.78 is 49.0. The molecule has 0 fully saturated rings. The van der Waals surface area contributed by atoms with Crippen molar-refractivity contribution in [3.63, 3.8) is 0 Å². The lowest BCUT2D eigenvalue weighted by molar-refractivity contribution is -0.396. The quantitative estimate of drug-likeness (QED) is 0.0126. The van der Waals surface area contributed by atoms with E-state index in [4.69, 9.17) is 52.8 Å². The lowest BCUT2D eigenvalue weighted by Gasteiger charge is -2.25. The van der Waals surface area contributed by atoms with Crippen LogP contribution < -0.4 is 103 Å². The first-order chi connectivity index (χ1) is 49.8. The maximum atomic E-state index is 12.7. The molecule has 0 heterocycles. The number of alkyl carbamates (subject to hydrolysis) is 2. The second kappa shape index (κ2) is 73.3. The number of rotatable bonds is 33. The number of aliphatic hydroxyl groups excluding tert-OH is 2. The van der Waals surface area contributed by atoms with E-state index in [0.717, 1.165) is 0 Å². The molecule has 6 atom stereocenters. The number of likely N-dealkylation sites (N-methyl/N-ethyl adjacent to an activating group) is 3. The van der Waals surface area contributed by atoms with Crippen molar-refractivity contribution in [3.8, 4) is 0 Å². The van der Waals surface area contributed by atoms with Crippen LogP contribution in [0.5, 0.6) is 0 Å². The Kier molecular flexibility index (Phi) is 86.5. The van der Waals surface area contributed by atoms with Gasteiger partial charge in [-0.1, -0.05) is 36.7 Å². The highest BCUT2D eigenvalue weighted by Gasteiger charge is 2.41. The third kappa shape index (κ3) is 87.9. The van der Waals surface area contributed by atoms with Crippen molar-refractivity contribution in [2.24, 2.45) is 0 Å². The van der Waals surface area contributed by atoms with Gasteiger partial charge in [0.25, 0.3) is 17.7 Å². The van der Waals surface area contributed by atoms with Crippen LogP contribution in [0.4, 0.5) is 19.2 Å². The molecule has 48 heteroatoms. The van der Waals surface area contributed by atoms with Gasteiger partial charge in [-0.3, -0.25) is 52.7 Å². The molecule has 0 saturated carbocycles. The number of amides is 5.